The Morgan fingerprint density at radius 1 is 1.73 bits per heavy atom. The molecular weight excluding hydrogens is 226 g/mol. The van der Waals surface area contributed by atoms with E-state index < -0.39 is 0 Å². The molecule has 0 unspecified atom stereocenters. The quantitative estimate of drug-likeness (QED) is 0.395. The lowest BCUT2D eigenvalue weighted by Gasteiger charge is -2.28. The molecule has 5 heteroatoms. The van der Waals surface area contributed by atoms with Gasteiger partial charge in [-0.2, -0.15) is 5.26 Å². The molecule has 0 bridgehead atoms. The van der Waals surface area contributed by atoms with Gasteiger partial charge < -0.3 is 4.90 Å². The van der Waals surface area contributed by atoms with Crippen molar-refractivity contribution in [1.82, 2.24) is 4.90 Å². The van der Waals surface area contributed by atoms with Crippen LogP contribution in [0.3, 0.4) is 0 Å². The Hall–Kier alpha value is -0.990. The zero-order chi connectivity index (χ0) is 10.7. The molecule has 0 aliphatic carbocycles. The van der Waals surface area contributed by atoms with Crippen LogP contribution < -0.4 is 0 Å². The maximum atomic E-state index is 8.58. The zero-order valence-corrected chi connectivity index (χ0v) is 10.1. The normalized spacial score (nSPS) is 16.0. The summed E-state index contributed by atoms with van der Waals surface area (Å²) in [6, 6.07) is 2.16. The number of thioether (sulfide) groups is 1. The highest BCUT2D eigenvalue weighted by atomic mass is 32.2. The predicted molar refractivity (Wildman–Crippen MR) is 65.0 cm³/mol. The fraction of sp³-hybridized carbons (Fsp3) is 0.400. The van der Waals surface area contributed by atoms with Crippen LogP contribution in [-0.4, -0.2) is 22.9 Å². The number of hydrogen-bond acceptors (Lipinski definition) is 4. The largest absolute Gasteiger partial charge is 0.346 e. The van der Waals surface area contributed by atoms with Crippen molar-refractivity contribution >= 4 is 28.3 Å². The fourth-order valence-corrected chi connectivity index (χ4v) is 3.14. The molecule has 0 saturated carbocycles. The van der Waals surface area contributed by atoms with Crippen LogP contribution >= 0.6 is 23.1 Å². The zero-order valence-electron chi connectivity index (χ0n) is 8.43. The molecule has 3 nitrogen and oxygen atoms in total. The van der Waals surface area contributed by atoms with Crippen LogP contribution in [0.15, 0.2) is 16.4 Å². The Morgan fingerprint density at radius 3 is 3.33 bits per heavy atom. The van der Waals surface area contributed by atoms with E-state index in [4.69, 9.17) is 5.26 Å². The summed E-state index contributed by atoms with van der Waals surface area (Å²) in [7, 11) is 0. The van der Waals surface area contributed by atoms with E-state index in [-0.39, 0.29) is 0 Å². The Labute approximate surface area is 97.4 Å². The lowest BCUT2D eigenvalue weighted by Crippen LogP contribution is -2.33. The van der Waals surface area contributed by atoms with Gasteiger partial charge in [-0.15, -0.1) is 16.3 Å². The van der Waals surface area contributed by atoms with Crippen molar-refractivity contribution < 1.29 is 0 Å². The van der Waals surface area contributed by atoms with Gasteiger partial charge in [0.1, 0.15) is 0 Å². The van der Waals surface area contributed by atoms with E-state index in [1.807, 2.05) is 23.8 Å². The number of hydrogen-bond donors (Lipinski definition) is 0. The number of nitrogens with zero attached hydrogens (tertiary/aromatic N) is 3. The lowest BCUT2D eigenvalue weighted by atomic mass is 10.1. The van der Waals surface area contributed by atoms with Gasteiger partial charge in [-0.05, 0) is 29.7 Å². The van der Waals surface area contributed by atoms with E-state index in [1.165, 1.54) is 22.2 Å². The monoisotopic (exact) mass is 237 g/mol. The molecule has 0 aromatic carbocycles. The number of aliphatic imine (C=N–C) groups is 1. The number of fused-ring (bicyclic) bond motifs is 1. The van der Waals surface area contributed by atoms with Crippen molar-refractivity contribution in [1.29, 1.82) is 5.26 Å². The van der Waals surface area contributed by atoms with Crippen LogP contribution in [-0.2, 0) is 13.0 Å². The van der Waals surface area contributed by atoms with Crippen molar-refractivity contribution in [3.05, 3.63) is 21.9 Å². The highest BCUT2D eigenvalue weighted by Gasteiger charge is 2.19. The Balaban J connectivity index is 2.16. The van der Waals surface area contributed by atoms with Gasteiger partial charge in [0, 0.05) is 18.0 Å². The molecule has 0 saturated heterocycles. The lowest BCUT2D eigenvalue weighted by molar-refractivity contribution is 0.405. The van der Waals surface area contributed by atoms with Crippen molar-refractivity contribution in [2.75, 3.05) is 12.8 Å². The molecule has 0 fully saturated rings. The van der Waals surface area contributed by atoms with Gasteiger partial charge in [0.05, 0.1) is 0 Å². The van der Waals surface area contributed by atoms with Crippen LogP contribution in [0.25, 0.3) is 0 Å². The summed E-state index contributed by atoms with van der Waals surface area (Å²) in [5.41, 5.74) is 1.38. The first-order valence-electron chi connectivity index (χ1n) is 4.66. The molecule has 2 rings (SSSR count). The molecule has 15 heavy (non-hydrogen) atoms. The smallest absolute Gasteiger partial charge is 0.208 e. The minimum atomic E-state index is 0.828. The van der Waals surface area contributed by atoms with Gasteiger partial charge in [0.15, 0.2) is 5.17 Å². The van der Waals surface area contributed by atoms with Crippen molar-refractivity contribution in [3.63, 3.8) is 0 Å². The van der Waals surface area contributed by atoms with Gasteiger partial charge in [0.25, 0.3) is 0 Å². The average molecular weight is 237 g/mol. The summed E-state index contributed by atoms with van der Waals surface area (Å²) in [6.07, 6.45) is 4.89. The van der Waals surface area contributed by atoms with Gasteiger partial charge >= 0.3 is 0 Å². The van der Waals surface area contributed by atoms with E-state index in [9.17, 15) is 0 Å². The van der Waals surface area contributed by atoms with Gasteiger partial charge in [-0.1, -0.05) is 11.8 Å². The number of thiophene rings is 1. The van der Waals surface area contributed by atoms with Crippen LogP contribution in [0.5, 0.6) is 0 Å². The second-order valence-electron chi connectivity index (χ2n) is 3.24. The van der Waals surface area contributed by atoms with Crippen molar-refractivity contribution in [2.45, 2.75) is 13.0 Å². The summed E-state index contributed by atoms with van der Waals surface area (Å²) in [5, 5.41) is 11.5. The molecular formula is C10H11N3S2. The molecule has 0 N–H and O–H groups in total. The molecule has 0 spiro atoms. The summed E-state index contributed by atoms with van der Waals surface area (Å²) < 4.78 is 0. The third kappa shape index (κ3) is 2.16. The first-order chi connectivity index (χ1) is 7.35. The predicted octanol–water partition coefficient (Wildman–Crippen LogP) is 2.31. The van der Waals surface area contributed by atoms with Crippen LogP contribution in [0, 0.1) is 11.5 Å². The molecule has 1 aromatic heterocycles. The minimum absolute atomic E-state index is 0.828. The van der Waals surface area contributed by atoms with E-state index in [2.05, 4.69) is 21.3 Å². The number of nitriles is 1. The van der Waals surface area contributed by atoms with Crippen molar-refractivity contribution in [3.8, 4) is 6.19 Å². The van der Waals surface area contributed by atoms with Gasteiger partial charge in [-0.25, -0.2) is 0 Å². The molecule has 1 aromatic rings. The highest BCUT2D eigenvalue weighted by molar-refractivity contribution is 8.13. The third-order valence-electron chi connectivity index (χ3n) is 2.41. The Bertz CT molecular complexity index is 417. The minimum Gasteiger partial charge on any atom is -0.346 e. The fourth-order valence-electron chi connectivity index (χ4n) is 1.70. The van der Waals surface area contributed by atoms with Gasteiger partial charge in [-0.3, -0.25) is 0 Å². The van der Waals surface area contributed by atoms with E-state index in [1.54, 1.807) is 0 Å². The summed E-state index contributed by atoms with van der Waals surface area (Å²) >= 11 is 3.36. The Kier molecular flexibility index (Phi) is 3.29. The van der Waals surface area contributed by atoms with Crippen LogP contribution in [0.4, 0.5) is 0 Å². The molecule has 78 valence electrons. The number of rotatable bonds is 0. The SMILES string of the molecule is CSC(=NC#N)N1CCc2sccc2C1. The molecule has 0 amide bonds. The second-order valence-corrected chi connectivity index (χ2v) is 5.01. The standard InChI is InChI=1S/C10H11N3S2/c1-14-10(12-7-11)13-4-2-9-8(6-13)3-5-15-9/h3,5H,2,4,6H2,1H3. The number of amidine groups is 1. The van der Waals surface area contributed by atoms with Crippen LogP contribution in [0.1, 0.15) is 10.4 Å². The van der Waals surface area contributed by atoms with Crippen molar-refractivity contribution in [2.24, 2.45) is 4.99 Å². The van der Waals surface area contributed by atoms with E-state index in [0.717, 1.165) is 24.7 Å². The summed E-state index contributed by atoms with van der Waals surface area (Å²) in [5.74, 6) is 0. The topological polar surface area (TPSA) is 39.4 Å². The van der Waals surface area contributed by atoms with Gasteiger partial charge in [0.2, 0.25) is 6.19 Å². The molecule has 0 radical (unpaired) electrons. The maximum absolute atomic E-state index is 8.58. The maximum Gasteiger partial charge on any atom is 0.208 e. The summed E-state index contributed by atoms with van der Waals surface area (Å²) in [6.45, 7) is 1.86. The molecule has 1 aliphatic heterocycles. The average Bonchev–Trinajstić information content (AvgIpc) is 2.72. The molecule has 2 heterocycles. The highest BCUT2D eigenvalue weighted by Crippen LogP contribution is 2.25. The van der Waals surface area contributed by atoms with E-state index in [0.29, 0.717) is 0 Å². The Morgan fingerprint density at radius 2 is 2.60 bits per heavy atom. The van der Waals surface area contributed by atoms with E-state index >= 15 is 0 Å². The molecule has 1 aliphatic rings. The first-order valence-corrected chi connectivity index (χ1v) is 6.76. The summed E-state index contributed by atoms with van der Waals surface area (Å²) in [4.78, 5) is 7.48. The third-order valence-corrected chi connectivity index (χ3v) is 4.14. The molecule has 0 atom stereocenters. The first kappa shape index (κ1) is 10.5. The van der Waals surface area contributed by atoms with Crippen LogP contribution in [0.2, 0.25) is 0 Å². The second kappa shape index (κ2) is 4.69.